The number of rotatable bonds is 6. The molecular formula is C25H28N4O5. The van der Waals surface area contributed by atoms with Crippen LogP contribution < -0.4 is 19.8 Å². The molecule has 0 bridgehead atoms. The van der Waals surface area contributed by atoms with Crippen LogP contribution in [0.3, 0.4) is 0 Å². The Morgan fingerprint density at radius 2 is 1.82 bits per heavy atom. The fraction of sp³-hybridized carbons (Fsp3) is 0.360. The van der Waals surface area contributed by atoms with Gasteiger partial charge in [0.2, 0.25) is 11.8 Å². The number of amides is 3. The largest absolute Gasteiger partial charge is 0.486 e. The molecule has 2 aromatic carbocycles. The van der Waals surface area contributed by atoms with Gasteiger partial charge in [0.15, 0.2) is 11.5 Å². The monoisotopic (exact) mass is 464 g/mol. The van der Waals surface area contributed by atoms with Crippen LogP contribution in [-0.4, -0.2) is 54.6 Å². The lowest BCUT2D eigenvalue weighted by Crippen LogP contribution is -2.44. The van der Waals surface area contributed by atoms with Gasteiger partial charge in [0.25, 0.3) is 5.91 Å². The van der Waals surface area contributed by atoms with Gasteiger partial charge in [-0.1, -0.05) is 12.1 Å². The summed E-state index contributed by atoms with van der Waals surface area (Å²) in [6, 6.07) is 10.9. The highest BCUT2D eigenvalue weighted by Crippen LogP contribution is 2.32. The Bertz CT molecular complexity index is 1160. The summed E-state index contributed by atoms with van der Waals surface area (Å²) in [4.78, 5) is 39.8. The first-order valence-corrected chi connectivity index (χ1v) is 11.3. The van der Waals surface area contributed by atoms with E-state index in [1.54, 1.807) is 25.1 Å². The third-order valence-electron chi connectivity index (χ3n) is 5.70. The maximum absolute atomic E-state index is 13.2. The molecule has 178 valence electrons. The first-order valence-electron chi connectivity index (χ1n) is 11.3. The Morgan fingerprint density at radius 3 is 2.59 bits per heavy atom. The predicted molar refractivity (Wildman–Crippen MR) is 128 cm³/mol. The van der Waals surface area contributed by atoms with Gasteiger partial charge in [-0.15, -0.1) is 0 Å². The second-order valence-corrected chi connectivity index (χ2v) is 8.27. The SMILES string of the molecule is CCN(CC(=O)Nc1ccc2c(c1)OCCO2)C(=O)C1=NN(c2cc(C)ccc2C)C(=O)CC1. The Hall–Kier alpha value is -3.88. The van der Waals surface area contributed by atoms with Gasteiger partial charge >= 0.3 is 0 Å². The van der Waals surface area contributed by atoms with Gasteiger partial charge in [-0.3, -0.25) is 14.4 Å². The molecule has 0 unspecified atom stereocenters. The summed E-state index contributed by atoms with van der Waals surface area (Å²) in [5, 5.41) is 8.50. The second kappa shape index (κ2) is 9.94. The number of anilines is 2. The van der Waals surface area contributed by atoms with Crippen molar-refractivity contribution in [1.82, 2.24) is 4.90 Å². The standard InChI is InChI=1S/C25H28N4O5/c1-4-28(15-23(30)26-18-7-9-21-22(14-18)34-12-11-33-21)25(32)19-8-10-24(31)29(27-19)20-13-16(2)5-6-17(20)3/h5-7,9,13-14H,4,8,10-12,15H2,1-3H3,(H,26,30). The highest BCUT2D eigenvalue weighted by molar-refractivity contribution is 6.40. The molecular weight excluding hydrogens is 436 g/mol. The molecule has 2 aliphatic rings. The number of carbonyl (C=O) groups excluding carboxylic acids is 3. The first kappa shape index (κ1) is 23.3. The molecule has 0 aromatic heterocycles. The van der Waals surface area contributed by atoms with Crippen LogP contribution in [0.4, 0.5) is 11.4 Å². The molecule has 0 radical (unpaired) electrons. The third kappa shape index (κ3) is 5.03. The van der Waals surface area contributed by atoms with Crippen molar-refractivity contribution in [1.29, 1.82) is 0 Å². The fourth-order valence-corrected chi connectivity index (χ4v) is 3.85. The number of likely N-dealkylation sites (N-methyl/N-ethyl adjacent to an activating group) is 1. The summed E-state index contributed by atoms with van der Waals surface area (Å²) < 4.78 is 11.0. The van der Waals surface area contributed by atoms with E-state index in [9.17, 15) is 14.4 Å². The minimum atomic E-state index is -0.359. The number of aryl methyl sites for hydroxylation is 2. The molecule has 3 amide bonds. The van der Waals surface area contributed by atoms with Crippen molar-refractivity contribution in [2.45, 2.75) is 33.6 Å². The van der Waals surface area contributed by atoms with Crippen LogP contribution in [0.2, 0.25) is 0 Å². The van der Waals surface area contributed by atoms with Crippen molar-refractivity contribution < 1.29 is 23.9 Å². The summed E-state index contributed by atoms with van der Waals surface area (Å²) in [6.07, 6.45) is 0.415. The molecule has 0 spiro atoms. The highest BCUT2D eigenvalue weighted by Gasteiger charge is 2.29. The number of ether oxygens (including phenoxy) is 2. The van der Waals surface area contributed by atoms with Crippen LogP contribution in [0.15, 0.2) is 41.5 Å². The number of benzene rings is 2. The normalized spacial score (nSPS) is 15.0. The quantitative estimate of drug-likeness (QED) is 0.708. The van der Waals surface area contributed by atoms with Crippen molar-refractivity contribution in [2.75, 3.05) is 36.6 Å². The van der Waals surface area contributed by atoms with Gasteiger partial charge in [-0.2, -0.15) is 5.10 Å². The number of hydrogen-bond donors (Lipinski definition) is 1. The number of nitrogens with zero attached hydrogens (tertiary/aromatic N) is 3. The number of fused-ring (bicyclic) bond motifs is 1. The zero-order valence-electron chi connectivity index (χ0n) is 19.6. The molecule has 2 aliphatic heterocycles. The van der Waals surface area contributed by atoms with Crippen LogP contribution >= 0.6 is 0 Å². The van der Waals surface area contributed by atoms with Crippen molar-refractivity contribution in [3.8, 4) is 11.5 Å². The van der Waals surface area contributed by atoms with E-state index in [2.05, 4.69) is 10.4 Å². The van der Waals surface area contributed by atoms with E-state index >= 15 is 0 Å². The second-order valence-electron chi connectivity index (χ2n) is 8.27. The van der Waals surface area contributed by atoms with E-state index in [1.165, 1.54) is 9.91 Å². The number of hydrogen-bond acceptors (Lipinski definition) is 6. The molecule has 2 aromatic rings. The maximum atomic E-state index is 13.2. The highest BCUT2D eigenvalue weighted by atomic mass is 16.6. The van der Waals surface area contributed by atoms with E-state index in [4.69, 9.17) is 9.47 Å². The van der Waals surface area contributed by atoms with E-state index < -0.39 is 0 Å². The lowest BCUT2D eigenvalue weighted by atomic mass is 10.1. The molecule has 0 fully saturated rings. The Kier molecular flexibility index (Phi) is 6.81. The molecule has 0 saturated heterocycles. The molecule has 0 aliphatic carbocycles. The van der Waals surface area contributed by atoms with E-state index in [1.807, 2.05) is 32.0 Å². The summed E-state index contributed by atoms with van der Waals surface area (Å²) >= 11 is 0. The average Bonchev–Trinajstić information content (AvgIpc) is 2.84. The molecule has 2 heterocycles. The van der Waals surface area contributed by atoms with Gasteiger partial charge in [-0.25, -0.2) is 5.01 Å². The lowest BCUT2D eigenvalue weighted by Gasteiger charge is -2.27. The van der Waals surface area contributed by atoms with Gasteiger partial charge in [-0.05, 0) is 50.1 Å². The minimum Gasteiger partial charge on any atom is -0.486 e. The van der Waals surface area contributed by atoms with Crippen molar-refractivity contribution >= 4 is 34.8 Å². The average molecular weight is 465 g/mol. The number of hydrazone groups is 1. The van der Waals surface area contributed by atoms with Crippen LogP contribution in [0, 0.1) is 13.8 Å². The summed E-state index contributed by atoms with van der Waals surface area (Å²) in [7, 11) is 0. The van der Waals surface area contributed by atoms with Gasteiger partial charge in [0.1, 0.15) is 25.5 Å². The molecule has 34 heavy (non-hydrogen) atoms. The van der Waals surface area contributed by atoms with Crippen LogP contribution in [0.1, 0.15) is 30.9 Å². The van der Waals surface area contributed by atoms with Gasteiger partial charge < -0.3 is 19.7 Å². The maximum Gasteiger partial charge on any atom is 0.270 e. The van der Waals surface area contributed by atoms with Crippen molar-refractivity contribution in [3.05, 3.63) is 47.5 Å². The van der Waals surface area contributed by atoms with Crippen LogP contribution in [-0.2, 0) is 14.4 Å². The van der Waals surface area contributed by atoms with Gasteiger partial charge in [0, 0.05) is 31.1 Å². The molecule has 0 atom stereocenters. The summed E-state index contributed by atoms with van der Waals surface area (Å²) in [5.74, 6) is 0.339. The molecule has 1 N–H and O–H groups in total. The molecule has 4 rings (SSSR count). The zero-order valence-corrected chi connectivity index (χ0v) is 19.6. The molecule has 9 heteroatoms. The Labute approximate surface area is 198 Å². The summed E-state index contributed by atoms with van der Waals surface area (Å²) in [5.41, 5.74) is 3.36. The van der Waals surface area contributed by atoms with E-state index in [0.717, 1.165) is 11.1 Å². The topological polar surface area (TPSA) is 101 Å². The van der Waals surface area contributed by atoms with Crippen molar-refractivity contribution in [3.63, 3.8) is 0 Å². The molecule has 9 nitrogen and oxygen atoms in total. The van der Waals surface area contributed by atoms with Crippen LogP contribution in [0.5, 0.6) is 11.5 Å². The van der Waals surface area contributed by atoms with E-state index in [-0.39, 0.29) is 42.8 Å². The molecule has 0 saturated carbocycles. The van der Waals surface area contributed by atoms with Gasteiger partial charge in [0.05, 0.1) is 5.69 Å². The predicted octanol–water partition coefficient (Wildman–Crippen LogP) is 3.04. The fourth-order valence-electron chi connectivity index (χ4n) is 3.85. The zero-order chi connectivity index (χ0) is 24.2. The lowest BCUT2D eigenvalue weighted by molar-refractivity contribution is -0.129. The number of carbonyl (C=O) groups is 3. The minimum absolute atomic E-state index is 0.139. The van der Waals surface area contributed by atoms with E-state index in [0.29, 0.717) is 42.6 Å². The third-order valence-corrected chi connectivity index (χ3v) is 5.70. The Balaban J connectivity index is 1.46. The van der Waals surface area contributed by atoms with Crippen molar-refractivity contribution in [2.24, 2.45) is 5.10 Å². The Morgan fingerprint density at radius 1 is 1.06 bits per heavy atom. The number of nitrogens with one attached hydrogen (secondary N) is 1. The van der Waals surface area contributed by atoms with Crippen LogP contribution in [0.25, 0.3) is 0 Å². The summed E-state index contributed by atoms with van der Waals surface area (Å²) in [6.45, 7) is 6.76. The smallest absolute Gasteiger partial charge is 0.270 e. The first-order chi connectivity index (χ1) is 16.4.